The molecule has 0 aliphatic carbocycles. The van der Waals surface area contributed by atoms with Gasteiger partial charge in [0.25, 0.3) is 0 Å². The fraction of sp³-hybridized carbons (Fsp3) is 0.0714. The number of nitrogens with two attached hydrogens (primary N) is 1. The van der Waals surface area contributed by atoms with Crippen LogP contribution in [0.4, 0.5) is 5.69 Å². The number of carbonyl (C=O) groups is 1. The average Bonchev–Trinajstić information content (AvgIpc) is 2.28. The van der Waals surface area contributed by atoms with Gasteiger partial charge in [0.2, 0.25) is 0 Å². The molecule has 0 amide bonds. The van der Waals surface area contributed by atoms with Crippen molar-refractivity contribution in [1.29, 1.82) is 0 Å². The molecule has 0 aromatic heterocycles. The smallest absolute Gasteiger partial charge is 0.168 e. The quantitative estimate of drug-likeness (QED) is 0.481. The highest BCUT2D eigenvalue weighted by atomic mass is 16.1. The Hall–Kier alpha value is -2.09. The summed E-state index contributed by atoms with van der Waals surface area (Å²) in [7, 11) is 0. The number of rotatable bonds is 3. The molecule has 2 aromatic rings. The predicted molar refractivity (Wildman–Crippen MR) is 67.5 cm³/mol. The molecule has 0 saturated heterocycles. The normalized spacial score (nSPS) is 10.2. The molecule has 0 bridgehead atoms. The number of ketones is 1. The van der Waals surface area contributed by atoms with Crippen LogP contribution in [0.2, 0.25) is 0 Å². The van der Waals surface area contributed by atoms with Crippen LogP contribution in [0.3, 0.4) is 0 Å². The molecule has 0 radical (unpaired) electrons. The number of nitrogen functional groups attached to an aromatic ring is 1. The minimum Gasteiger partial charge on any atom is -0.398 e. The first kappa shape index (κ1) is 10.4. The lowest BCUT2D eigenvalue weighted by atomic mass is 10.0. The lowest BCUT2D eigenvalue weighted by Crippen LogP contribution is -2.02. The Morgan fingerprint density at radius 3 is 2.50 bits per heavy atom. The number of allylic oxidation sites excluding steroid dienone is 1. The Labute approximate surface area is 94.4 Å². The summed E-state index contributed by atoms with van der Waals surface area (Å²) < 4.78 is 0. The summed E-state index contributed by atoms with van der Waals surface area (Å²) in [6, 6.07) is 11.5. The highest BCUT2D eigenvalue weighted by molar-refractivity contribution is 6.05. The Morgan fingerprint density at radius 1 is 1.25 bits per heavy atom. The van der Waals surface area contributed by atoms with Gasteiger partial charge in [0.15, 0.2) is 5.78 Å². The third-order valence-electron chi connectivity index (χ3n) is 2.55. The van der Waals surface area contributed by atoms with E-state index in [0.717, 1.165) is 10.8 Å². The molecule has 0 aliphatic rings. The number of benzene rings is 2. The zero-order chi connectivity index (χ0) is 11.5. The first-order chi connectivity index (χ1) is 7.72. The molecule has 2 heteroatoms. The second-order valence-electron chi connectivity index (χ2n) is 3.70. The highest BCUT2D eigenvalue weighted by Crippen LogP contribution is 2.22. The van der Waals surface area contributed by atoms with Crippen molar-refractivity contribution in [2.24, 2.45) is 0 Å². The highest BCUT2D eigenvalue weighted by Gasteiger charge is 2.09. The Morgan fingerprint density at radius 2 is 1.88 bits per heavy atom. The van der Waals surface area contributed by atoms with E-state index < -0.39 is 0 Å². The maximum Gasteiger partial charge on any atom is 0.168 e. The van der Waals surface area contributed by atoms with Gasteiger partial charge in [-0.3, -0.25) is 4.79 Å². The third kappa shape index (κ3) is 1.82. The third-order valence-corrected chi connectivity index (χ3v) is 2.55. The number of anilines is 1. The second kappa shape index (κ2) is 4.19. The molecule has 80 valence electrons. The van der Waals surface area contributed by atoms with Crippen molar-refractivity contribution in [3.8, 4) is 0 Å². The van der Waals surface area contributed by atoms with Crippen molar-refractivity contribution in [2.45, 2.75) is 6.42 Å². The van der Waals surface area contributed by atoms with E-state index in [1.54, 1.807) is 6.08 Å². The van der Waals surface area contributed by atoms with Gasteiger partial charge < -0.3 is 5.73 Å². The van der Waals surface area contributed by atoms with Crippen LogP contribution < -0.4 is 5.73 Å². The SMILES string of the molecule is C=CCC(=O)c1cc2ccccc2cc1N. The summed E-state index contributed by atoms with van der Waals surface area (Å²) in [4.78, 5) is 11.8. The van der Waals surface area contributed by atoms with Crippen molar-refractivity contribution >= 4 is 22.2 Å². The summed E-state index contributed by atoms with van der Waals surface area (Å²) >= 11 is 0. The maximum atomic E-state index is 11.8. The van der Waals surface area contributed by atoms with Crippen LogP contribution in [0.25, 0.3) is 10.8 Å². The minimum absolute atomic E-state index is 0.0123. The molecule has 0 heterocycles. The predicted octanol–water partition coefficient (Wildman–Crippen LogP) is 3.18. The number of carbonyl (C=O) groups excluding carboxylic acids is 1. The molecule has 2 nitrogen and oxygen atoms in total. The van der Waals surface area contributed by atoms with Crippen LogP contribution in [0.1, 0.15) is 16.8 Å². The number of fused-ring (bicyclic) bond motifs is 1. The zero-order valence-electron chi connectivity index (χ0n) is 8.94. The van der Waals surface area contributed by atoms with Gasteiger partial charge in [-0.25, -0.2) is 0 Å². The van der Waals surface area contributed by atoms with Crippen LogP contribution in [-0.4, -0.2) is 5.78 Å². The maximum absolute atomic E-state index is 11.8. The summed E-state index contributed by atoms with van der Waals surface area (Å²) in [6.07, 6.45) is 1.92. The molecular formula is C14H13NO. The van der Waals surface area contributed by atoms with E-state index in [9.17, 15) is 4.79 Å². The lowest BCUT2D eigenvalue weighted by molar-refractivity contribution is 0.0997. The largest absolute Gasteiger partial charge is 0.398 e. The molecule has 16 heavy (non-hydrogen) atoms. The standard InChI is InChI=1S/C14H13NO/c1-2-5-14(16)12-8-10-6-3-4-7-11(10)9-13(12)15/h2-4,6-9H,1,5,15H2. The fourth-order valence-electron chi connectivity index (χ4n) is 1.74. The molecule has 0 saturated carbocycles. The van der Waals surface area contributed by atoms with Gasteiger partial charge in [0, 0.05) is 17.7 Å². The molecule has 0 unspecified atom stereocenters. The van der Waals surface area contributed by atoms with Gasteiger partial charge >= 0.3 is 0 Å². The molecule has 2 aromatic carbocycles. The molecule has 0 aliphatic heterocycles. The zero-order valence-corrected chi connectivity index (χ0v) is 8.94. The molecular weight excluding hydrogens is 198 g/mol. The van der Waals surface area contributed by atoms with Crippen molar-refractivity contribution in [2.75, 3.05) is 5.73 Å². The van der Waals surface area contributed by atoms with Crippen molar-refractivity contribution in [1.82, 2.24) is 0 Å². The van der Waals surface area contributed by atoms with Crippen molar-refractivity contribution < 1.29 is 4.79 Å². The van der Waals surface area contributed by atoms with Gasteiger partial charge in [0.1, 0.15) is 0 Å². The summed E-state index contributed by atoms with van der Waals surface area (Å²) in [5.41, 5.74) is 6.98. The summed E-state index contributed by atoms with van der Waals surface area (Å²) in [5, 5.41) is 2.08. The molecule has 2 rings (SSSR count). The van der Waals surface area contributed by atoms with E-state index >= 15 is 0 Å². The van der Waals surface area contributed by atoms with E-state index in [-0.39, 0.29) is 5.78 Å². The Bertz CT molecular complexity index is 558. The van der Waals surface area contributed by atoms with E-state index in [2.05, 4.69) is 6.58 Å². The average molecular weight is 211 g/mol. The van der Waals surface area contributed by atoms with E-state index in [0.29, 0.717) is 17.7 Å². The fourth-order valence-corrected chi connectivity index (χ4v) is 1.74. The Balaban J connectivity index is 2.58. The van der Waals surface area contributed by atoms with E-state index in [4.69, 9.17) is 5.73 Å². The first-order valence-corrected chi connectivity index (χ1v) is 5.14. The van der Waals surface area contributed by atoms with Crippen LogP contribution in [-0.2, 0) is 0 Å². The van der Waals surface area contributed by atoms with Gasteiger partial charge in [-0.2, -0.15) is 0 Å². The van der Waals surface area contributed by atoms with E-state index in [1.165, 1.54) is 0 Å². The first-order valence-electron chi connectivity index (χ1n) is 5.14. The summed E-state index contributed by atoms with van der Waals surface area (Å²) in [6.45, 7) is 3.56. The monoisotopic (exact) mass is 211 g/mol. The molecule has 2 N–H and O–H groups in total. The van der Waals surface area contributed by atoms with Crippen LogP contribution >= 0.6 is 0 Å². The molecule has 0 atom stereocenters. The topological polar surface area (TPSA) is 43.1 Å². The minimum atomic E-state index is 0.0123. The van der Waals surface area contributed by atoms with Crippen molar-refractivity contribution in [3.05, 3.63) is 54.6 Å². The molecule has 0 fully saturated rings. The summed E-state index contributed by atoms with van der Waals surface area (Å²) in [5.74, 6) is 0.0123. The van der Waals surface area contributed by atoms with Crippen molar-refractivity contribution in [3.63, 3.8) is 0 Å². The number of hydrogen-bond acceptors (Lipinski definition) is 2. The number of Topliss-reactive ketones (excluding diaryl/α,β-unsaturated/α-hetero) is 1. The lowest BCUT2D eigenvalue weighted by Gasteiger charge is -2.05. The van der Waals surface area contributed by atoms with Gasteiger partial charge in [-0.15, -0.1) is 6.58 Å². The van der Waals surface area contributed by atoms with Gasteiger partial charge in [0.05, 0.1) is 0 Å². The number of hydrogen-bond donors (Lipinski definition) is 1. The second-order valence-corrected chi connectivity index (χ2v) is 3.70. The van der Waals surface area contributed by atoms with Gasteiger partial charge in [-0.05, 0) is 22.9 Å². The van der Waals surface area contributed by atoms with Gasteiger partial charge in [-0.1, -0.05) is 30.3 Å². The molecule has 0 spiro atoms. The van der Waals surface area contributed by atoms with Crippen LogP contribution in [0.5, 0.6) is 0 Å². The van der Waals surface area contributed by atoms with E-state index in [1.807, 2.05) is 36.4 Å². The van der Waals surface area contributed by atoms with Crippen LogP contribution in [0.15, 0.2) is 49.1 Å². The Kier molecular flexibility index (Phi) is 2.73. The van der Waals surface area contributed by atoms with Crippen LogP contribution in [0, 0.1) is 0 Å².